The number of nitrogens with one attached hydrogen (secondary N) is 1. The van der Waals surface area contributed by atoms with Crippen LogP contribution in [0.15, 0.2) is 18.5 Å². The molecule has 0 aromatic carbocycles. The summed E-state index contributed by atoms with van der Waals surface area (Å²) < 4.78 is 2.13. The van der Waals surface area contributed by atoms with Crippen LogP contribution in [0.1, 0.15) is 37.9 Å². The third kappa shape index (κ3) is 1.57. The summed E-state index contributed by atoms with van der Waals surface area (Å²) >= 11 is 0. The maximum Gasteiger partial charge on any atom is 0.179 e. The highest BCUT2D eigenvalue weighted by atomic mass is 15.3. The Labute approximate surface area is 116 Å². The Morgan fingerprint density at radius 3 is 3.15 bits per heavy atom. The van der Waals surface area contributed by atoms with Crippen LogP contribution in [0.5, 0.6) is 0 Å². The first-order valence-corrected chi connectivity index (χ1v) is 7.20. The van der Waals surface area contributed by atoms with E-state index in [0.717, 1.165) is 41.9 Å². The average molecular weight is 270 g/mol. The van der Waals surface area contributed by atoms with Gasteiger partial charge in [-0.2, -0.15) is 0 Å². The van der Waals surface area contributed by atoms with Gasteiger partial charge in [0.15, 0.2) is 11.3 Å². The van der Waals surface area contributed by atoms with Crippen molar-refractivity contribution in [3.05, 3.63) is 24.3 Å². The molecule has 20 heavy (non-hydrogen) atoms. The van der Waals surface area contributed by atoms with Gasteiger partial charge in [0.25, 0.3) is 0 Å². The summed E-state index contributed by atoms with van der Waals surface area (Å²) in [6, 6.07) is 2.30. The fourth-order valence-electron chi connectivity index (χ4n) is 3.57. The number of aromatic amines is 1. The molecular weight excluding hydrogens is 252 g/mol. The molecule has 0 bridgehead atoms. The van der Waals surface area contributed by atoms with Crippen LogP contribution in [-0.2, 0) is 0 Å². The second kappa shape index (κ2) is 4.28. The predicted octanol–water partition coefficient (Wildman–Crippen LogP) is 1.84. The third-order valence-electron chi connectivity index (χ3n) is 4.55. The van der Waals surface area contributed by atoms with Crippen LogP contribution in [0, 0.1) is 5.92 Å². The topological polar surface area (TPSA) is 84.9 Å². The molecule has 3 N–H and O–H groups in total. The standard InChI is InChI=1S/C14H18N6/c1-2-8-5-9(15)6-10(8)14-19-18-12-7-17-13-11(20(12)14)3-4-16-13/h3-4,7-10,16H,2,5-6,15H2,1H3/t8-,9+,10+/m1/s1. The van der Waals surface area contributed by atoms with Gasteiger partial charge in [-0.05, 0) is 24.8 Å². The van der Waals surface area contributed by atoms with Crippen LogP contribution in [0.2, 0.25) is 0 Å². The molecule has 4 rings (SSSR count). The number of nitrogens with two attached hydrogens (primary N) is 1. The van der Waals surface area contributed by atoms with Crippen LogP contribution in [0.25, 0.3) is 16.8 Å². The molecule has 3 aromatic heterocycles. The van der Waals surface area contributed by atoms with Crippen molar-refractivity contribution in [3.63, 3.8) is 0 Å². The van der Waals surface area contributed by atoms with E-state index >= 15 is 0 Å². The third-order valence-corrected chi connectivity index (χ3v) is 4.55. The number of nitrogens with zero attached hydrogens (tertiary/aromatic N) is 4. The molecule has 1 fully saturated rings. The van der Waals surface area contributed by atoms with Crippen molar-refractivity contribution >= 4 is 16.8 Å². The van der Waals surface area contributed by atoms with Gasteiger partial charge in [-0.3, -0.25) is 4.40 Å². The Morgan fingerprint density at radius 2 is 2.30 bits per heavy atom. The van der Waals surface area contributed by atoms with Crippen molar-refractivity contribution in [2.24, 2.45) is 11.7 Å². The number of fused-ring (bicyclic) bond motifs is 3. The molecule has 6 heteroatoms. The molecule has 0 aliphatic heterocycles. The first-order valence-electron chi connectivity index (χ1n) is 7.20. The Hall–Kier alpha value is -1.95. The SMILES string of the molecule is CC[C@@H]1C[C@H](N)C[C@@H]1c1nnc2cnc3[nH]ccc3n12. The highest BCUT2D eigenvalue weighted by Gasteiger charge is 2.35. The fraction of sp³-hybridized carbons (Fsp3) is 0.500. The Balaban J connectivity index is 1.93. The van der Waals surface area contributed by atoms with Crippen molar-refractivity contribution in [1.29, 1.82) is 0 Å². The van der Waals surface area contributed by atoms with E-state index in [1.807, 2.05) is 12.3 Å². The minimum atomic E-state index is 0.279. The predicted molar refractivity (Wildman–Crippen MR) is 76.4 cm³/mol. The summed E-state index contributed by atoms with van der Waals surface area (Å²) in [7, 11) is 0. The number of hydrogen-bond donors (Lipinski definition) is 2. The lowest BCUT2D eigenvalue weighted by Crippen LogP contribution is -2.15. The van der Waals surface area contributed by atoms with E-state index in [-0.39, 0.29) is 6.04 Å². The molecule has 0 amide bonds. The summed E-state index contributed by atoms with van der Waals surface area (Å²) in [4.78, 5) is 7.50. The van der Waals surface area contributed by atoms with Crippen LogP contribution < -0.4 is 5.73 Å². The molecule has 6 nitrogen and oxygen atoms in total. The minimum Gasteiger partial charge on any atom is -0.345 e. The Morgan fingerprint density at radius 1 is 1.40 bits per heavy atom. The van der Waals surface area contributed by atoms with E-state index in [2.05, 4.69) is 31.5 Å². The summed E-state index contributed by atoms with van der Waals surface area (Å²) in [5.41, 5.74) is 8.87. The molecule has 104 valence electrons. The molecule has 1 aliphatic carbocycles. The van der Waals surface area contributed by atoms with Gasteiger partial charge in [-0.15, -0.1) is 10.2 Å². The van der Waals surface area contributed by atoms with Gasteiger partial charge in [-0.1, -0.05) is 13.3 Å². The quantitative estimate of drug-likeness (QED) is 0.744. The molecule has 3 atom stereocenters. The van der Waals surface area contributed by atoms with Gasteiger partial charge < -0.3 is 10.7 Å². The molecule has 1 saturated carbocycles. The second-order valence-corrected chi connectivity index (χ2v) is 5.73. The smallest absolute Gasteiger partial charge is 0.179 e. The first kappa shape index (κ1) is 11.8. The molecule has 3 aromatic rings. The highest BCUT2D eigenvalue weighted by molar-refractivity contribution is 5.74. The largest absolute Gasteiger partial charge is 0.345 e. The fourth-order valence-corrected chi connectivity index (χ4v) is 3.57. The summed E-state index contributed by atoms with van der Waals surface area (Å²) in [6.45, 7) is 2.23. The van der Waals surface area contributed by atoms with E-state index in [4.69, 9.17) is 5.73 Å². The maximum atomic E-state index is 6.16. The van der Waals surface area contributed by atoms with E-state index < -0.39 is 0 Å². The first-order chi connectivity index (χ1) is 9.78. The van der Waals surface area contributed by atoms with Crippen molar-refractivity contribution < 1.29 is 0 Å². The van der Waals surface area contributed by atoms with E-state index in [1.54, 1.807) is 6.20 Å². The number of aromatic nitrogens is 5. The van der Waals surface area contributed by atoms with Gasteiger partial charge >= 0.3 is 0 Å². The lowest BCUT2D eigenvalue weighted by molar-refractivity contribution is 0.450. The van der Waals surface area contributed by atoms with Crippen LogP contribution in [0.3, 0.4) is 0 Å². The number of rotatable bonds is 2. The summed E-state index contributed by atoms with van der Waals surface area (Å²) in [5.74, 6) is 2.02. The summed E-state index contributed by atoms with van der Waals surface area (Å²) in [6.07, 6.45) is 6.88. The molecule has 0 spiro atoms. The van der Waals surface area contributed by atoms with Crippen molar-refractivity contribution in [2.45, 2.75) is 38.1 Å². The molecule has 3 heterocycles. The highest BCUT2D eigenvalue weighted by Crippen LogP contribution is 2.40. The lowest BCUT2D eigenvalue weighted by Gasteiger charge is -2.16. The normalized spacial score (nSPS) is 26.8. The van der Waals surface area contributed by atoms with Gasteiger partial charge in [0.1, 0.15) is 5.82 Å². The van der Waals surface area contributed by atoms with Crippen LogP contribution in [-0.4, -0.2) is 30.6 Å². The number of hydrogen-bond acceptors (Lipinski definition) is 4. The zero-order valence-corrected chi connectivity index (χ0v) is 11.5. The monoisotopic (exact) mass is 270 g/mol. The molecule has 0 saturated heterocycles. The van der Waals surface area contributed by atoms with Crippen LogP contribution >= 0.6 is 0 Å². The second-order valence-electron chi connectivity index (χ2n) is 5.73. The van der Waals surface area contributed by atoms with Gasteiger partial charge in [0.2, 0.25) is 0 Å². The van der Waals surface area contributed by atoms with E-state index in [0.29, 0.717) is 11.8 Å². The average Bonchev–Trinajstić information content (AvgIpc) is 3.13. The van der Waals surface area contributed by atoms with Gasteiger partial charge in [0, 0.05) is 18.2 Å². The molecule has 0 unspecified atom stereocenters. The molecule has 1 aliphatic rings. The maximum absolute atomic E-state index is 6.16. The molecular formula is C14H18N6. The minimum absolute atomic E-state index is 0.279. The van der Waals surface area contributed by atoms with Crippen LogP contribution in [0.4, 0.5) is 0 Å². The van der Waals surface area contributed by atoms with Crippen molar-refractivity contribution in [3.8, 4) is 0 Å². The zero-order valence-electron chi connectivity index (χ0n) is 11.5. The molecule has 0 radical (unpaired) electrons. The summed E-state index contributed by atoms with van der Waals surface area (Å²) in [5, 5.41) is 8.73. The van der Waals surface area contributed by atoms with Gasteiger partial charge in [0.05, 0.1) is 11.7 Å². The zero-order chi connectivity index (χ0) is 13.7. The Kier molecular flexibility index (Phi) is 2.53. The number of H-pyrrole nitrogens is 1. The van der Waals surface area contributed by atoms with Gasteiger partial charge in [-0.25, -0.2) is 4.98 Å². The Bertz CT molecular complexity index is 757. The lowest BCUT2D eigenvalue weighted by atomic mass is 9.93. The van der Waals surface area contributed by atoms with Crippen molar-refractivity contribution in [1.82, 2.24) is 24.6 Å². The van der Waals surface area contributed by atoms with Crippen molar-refractivity contribution in [2.75, 3.05) is 0 Å². The van der Waals surface area contributed by atoms with E-state index in [9.17, 15) is 0 Å². The van der Waals surface area contributed by atoms with E-state index in [1.165, 1.54) is 0 Å².